The van der Waals surface area contributed by atoms with Crippen LogP contribution in [0.5, 0.6) is 0 Å². The second-order valence-corrected chi connectivity index (χ2v) is 2.19. The molecule has 0 saturated carbocycles. The average Bonchev–Trinajstić information content (AvgIpc) is 2.25. The third-order valence-corrected chi connectivity index (χ3v) is 1.54. The van der Waals surface area contributed by atoms with E-state index >= 15 is 0 Å². The van der Waals surface area contributed by atoms with Crippen LogP contribution >= 0.6 is 0 Å². The Labute approximate surface area is 62.2 Å². The van der Waals surface area contributed by atoms with Gasteiger partial charge >= 0.3 is 0 Å². The van der Waals surface area contributed by atoms with Gasteiger partial charge in [0, 0.05) is 12.5 Å². The summed E-state index contributed by atoms with van der Waals surface area (Å²) in [5, 5.41) is 1.31. The minimum Gasteiger partial charge on any atom is -0.278 e. The van der Waals surface area contributed by atoms with Crippen molar-refractivity contribution in [3.8, 4) is 0 Å². The summed E-state index contributed by atoms with van der Waals surface area (Å²) in [6, 6.07) is 0.252. The van der Waals surface area contributed by atoms with Crippen molar-refractivity contribution in [2.45, 2.75) is 39.7 Å². The number of amides is 1. The van der Waals surface area contributed by atoms with Crippen LogP contribution in [0.3, 0.4) is 0 Å². The number of rotatable bonds is 0. The van der Waals surface area contributed by atoms with Gasteiger partial charge in [-0.3, -0.25) is 9.80 Å². The van der Waals surface area contributed by atoms with E-state index < -0.39 is 0 Å². The Hall–Kier alpha value is -0.570. The van der Waals surface area contributed by atoms with E-state index in [1.807, 2.05) is 20.8 Å². The Bertz CT molecular complexity index is 114. The summed E-state index contributed by atoms with van der Waals surface area (Å²) in [4.78, 5) is 10.6. The zero-order chi connectivity index (χ0) is 8.15. The fraction of sp³-hybridized carbons (Fsp3) is 0.857. The molecule has 1 atom stereocenters. The molecule has 1 heterocycles. The minimum absolute atomic E-state index is 0.0671. The first kappa shape index (κ1) is 9.43. The summed E-state index contributed by atoms with van der Waals surface area (Å²) in [6.07, 6.45) is 1.53. The zero-order valence-electron chi connectivity index (χ0n) is 6.92. The molecule has 0 bridgehead atoms. The Kier molecular flexibility index (Phi) is 4.03. The highest BCUT2D eigenvalue weighted by Crippen LogP contribution is 2.12. The number of nitrogens with zero attached hydrogens (tertiary/aromatic N) is 1. The molecule has 1 fully saturated rings. The quantitative estimate of drug-likeness (QED) is 0.405. The van der Waals surface area contributed by atoms with E-state index in [1.54, 1.807) is 0 Å². The maximum Gasteiger partial charge on any atom is 0.236 e. The molecule has 0 aromatic heterocycles. The molecule has 1 aliphatic rings. The van der Waals surface area contributed by atoms with E-state index in [1.165, 1.54) is 5.01 Å². The van der Waals surface area contributed by atoms with Crippen molar-refractivity contribution in [1.29, 1.82) is 0 Å². The highest BCUT2D eigenvalue weighted by molar-refractivity contribution is 5.77. The average molecular weight is 144 g/mol. The molecule has 1 unspecified atom stereocenters. The summed E-state index contributed by atoms with van der Waals surface area (Å²) in [5.41, 5.74) is 0. The number of hydrogen-bond donors (Lipinski definition) is 1. The lowest BCUT2D eigenvalue weighted by Crippen LogP contribution is -2.37. The van der Waals surface area contributed by atoms with E-state index in [4.69, 9.17) is 5.84 Å². The SMILES string of the molecule is CC.CC1CCC(=O)N1N. The number of nitrogens with two attached hydrogens (primary N) is 1. The molecule has 2 N–H and O–H groups in total. The van der Waals surface area contributed by atoms with E-state index in [0.29, 0.717) is 6.42 Å². The monoisotopic (exact) mass is 144 g/mol. The van der Waals surface area contributed by atoms with E-state index in [-0.39, 0.29) is 11.9 Å². The lowest BCUT2D eigenvalue weighted by Gasteiger charge is -2.12. The Morgan fingerprint density at radius 3 is 2.20 bits per heavy atom. The molecule has 1 rings (SSSR count). The molecule has 1 amide bonds. The molecule has 0 aromatic rings. The highest BCUT2D eigenvalue weighted by Gasteiger charge is 2.23. The fourth-order valence-corrected chi connectivity index (χ4v) is 0.846. The molecule has 0 spiro atoms. The van der Waals surface area contributed by atoms with Crippen molar-refractivity contribution < 1.29 is 4.79 Å². The van der Waals surface area contributed by atoms with Gasteiger partial charge in [-0.2, -0.15) is 0 Å². The Morgan fingerprint density at radius 2 is 2.10 bits per heavy atom. The molecule has 3 heteroatoms. The lowest BCUT2D eigenvalue weighted by atomic mass is 10.3. The van der Waals surface area contributed by atoms with Gasteiger partial charge in [-0.1, -0.05) is 13.8 Å². The zero-order valence-corrected chi connectivity index (χ0v) is 6.92. The largest absolute Gasteiger partial charge is 0.278 e. The molecule has 0 aliphatic carbocycles. The molecular formula is C7H16N2O. The predicted octanol–water partition coefficient (Wildman–Crippen LogP) is 0.897. The van der Waals surface area contributed by atoms with Crippen LogP contribution in [0.2, 0.25) is 0 Å². The van der Waals surface area contributed by atoms with Crippen molar-refractivity contribution in [3.63, 3.8) is 0 Å². The highest BCUT2D eigenvalue weighted by atomic mass is 16.2. The maximum atomic E-state index is 10.6. The summed E-state index contributed by atoms with van der Waals surface area (Å²) in [7, 11) is 0. The third-order valence-electron chi connectivity index (χ3n) is 1.54. The van der Waals surface area contributed by atoms with E-state index in [0.717, 1.165) is 6.42 Å². The first-order chi connectivity index (χ1) is 4.72. The number of hydrazine groups is 1. The first-order valence-electron chi connectivity index (χ1n) is 3.78. The van der Waals surface area contributed by atoms with Gasteiger partial charge in [0.15, 0.2) is 0 Å². The molecular weight excluding hydrogens is 128 g/mol. The van der Waals surface area contributed by atoms with Gasteiger partial charge in [0.1, 0.15) is 0 Å². The minimum atomic E-state index is 0.0671. The number of carbonyl (C=O) groups is 1. The first-order valence-corrected chi connectivity index (χ1v) is 3.78. The molecule has 3 nitrogen and oxygen atoms in total. The van der Waals surface area contributed by atoms with Crippen LogP contribution in [0, 0.1) is 0 Å². The molecule has 60 valence electrons. The van der Waals surface area contributed by atoms with Crippen LogP contribution in [-0.4, -0.2) is 17.0 Å². The summed E-state index contributed by atoms with van der Waals surface area (Å²) in [5.74, 6) is 5.37. The van der Waals surface area contributed by atoms with Crippen LogP contribution in [-0.2, 0) is 4.79 Å². The third kappa shape index (κ3) is 1.99. The molecule has 1 aliphatic heterocycles. The van der Waals surface area contributed by atoms with Gasteiger partial charge in [0.05, 0.1) is 0 Å². The van der Waals surface area contributed by atoms with Gasteiger partial charge in [-0.25, -0.2) is 5.84 Å². The Morgan fingerprint density at radius 1 is 1.60 bits per heavy atom. The van der Waals surface area contributed by atoms with Crippen LogP contribution in [0.15, 0.2) is 0 Å². The van der Waals surface area contributed by atoms with Crippen molar-refractivity contribution in [3.05, 3.63) is 0 Å². The van der Waals surface area contributed by atoms with Crippen molar-refractivity contribution >= 4 is 5.91 Å². The fourth-order valence-electron chi connectivity index (χ4n) is 0.846. The lowest BCUT2D eigenvalue weighted by molar-refractivity contribution is -0.128. The standard InChI is InChI=1S/C5H10N2O.C2H6/c1-4-2-3-5(8)7(4)6;1-2/h4H,2-3,6H2,1H3;1-2H3. The molecule has 0 aromatic carbocycles. The van der Waals surface area contributed by atoms with Crippen LogP contribution in [0.25, 0.3) is 0 Å². The van der Waals surface area contributed by atoms with E-state index in [2.05, 4.69) is 0 Å². The van der Waals surface area contributed by atoms with Gasteiger partial charge in [-0.15, -0.1) is 0 Å². The maximum absolute atomic E-state index is 10.6. The van der Waals surface area contributed by atoms with Crippen molar-refractivity contribution in [2.24, 2.45) is 5.84 Å². The number of hydrogen-bond acceptors (Lipinski definition) is 2. The second kappa shape index (κ2) is 4.28. The molecule has 1 saturated heterocycles. The van der Waals surface area contributed by atoms with Crippen molar-refractivity contribution in [2.75, 3.05) is 0 Å². The second-order valence-electron chi connectivity index (χ2n) is 2.19. The topological polar surface area (TPSA) is 46.3 Å². The normalized spacial score (nSPS) is 24.2. The van der Waals surface area contributed by atoms with Crippen LogP contribution in [0.4, 0.5) is 0 Å². The smallest absolute Gasteiger partial charge is 0.236 e. The molecule has 10 heavy (non-hydrogen) atoms. The van der Waals surface area contributed by atoms with Gasteiger partial charge in [0.2, 0.25) is 5.91 Å². The van der Waals surface area contributed by atoms with Crippen LogP contribution in [0.1, 0.15) is 33.6 Å². The summed E-state index contributed by atoms with van der Waals surface area (Å²) in [6.45, 7) is 5.95. The predicted molar refractivity (Wildman–Crippen MR) is 41.1 cm³/mol. The van der Waals surface area contributed by atoms with E-state index in [9.17, 15) is 4.79 Å². The van der Waals surface area contributed by atoms with Gasteiger partial charge < -0.3 is 0 Å². The van der Waals surface area contributed by atoms with Gasteiger partial charge in [-0.05, 0) is 13.3 Å². The van der Waals surface area contributed by atoms with Crippen molar-refractivity contribution in [1.82, 2.24) is 5.01 Å². The molecule has 0 radical (unpaired) electrons. The Balaban J connectivity index is 0.000000371. The van der Waals surface area contributed by atoms with Gasteiger partial charge in [0.25, 0.3) is 0 Å². The summed E-state index contributed by atoms with van der Waals surface area (Å²) >= 11 is 0. The van der Waals surface area contributed by atoms with Crippen LogP contribution < -0.4 is 5.84 Å². The number of carbonyl (C=O) groups excluding carboxylic acids is 1. The summed E-state index contributed by atoms with van der Waals surface area (Å²) < 4.78 is 0.